The highest BCUT2D eigenvalue weighted by molar-refractivity contribution is 7.89. The number of rotatable bonds is 2. The molecule has 0 saturated carbocycles. The number of hydrogen-bond donors (Lipinski definition) is 1. The van der Waals surface area contributed by atoms with Gasteiger partial charge in [0.2, 0.25) is 0 Å². The summed E-state index contributed by atoms with van der Waals surface area (Å²) in [6.07, 6.45) is 0. The van der Waals surface area contributed by atoms with E-state index in [0.717, 1.165) is 5.56 Å². The first-order valence-electron chi connectivity index (χ1n) is 5.44. The Kier molecular flexibility index (Phi) is 3.14. The maximum Gasteiger partial charge on any atom is 0.257 e. The summed E-state index contributed by atoms with van der Waals surface area (Å²) in [6, 6.07) is 8.96. The van der Waals surface area contributed by atoms with Crippen LogP contribution in [-0.4, -0.2) is 18.2 Å². The topological polar surface area (TPSA) is 102 Å². The van der Waals surface area contributed by atoms with E-state index in [0.29, 0.717) is 11.4 Å². The van der Waals surface area contributed by atoms with Crippen molar-refractivity contribution >= 4 is 10.0 Å². The summed E-state index contributed by atoms with van der Waals surface area (Å²) in [5.74, 6) is 0. The van der Waals surface area contributed by atoms with E-state index in [2.05, 4.69) is 5.10 Å². The van der Waals surface area contributed by atoms with Gasteiger partial charge < -0.3 is 0 Å². The van der Waals surface area contributed by atoms with Crippen LogP contribution in [0.3, 0.4) is 0 Å². The summed E-state index contributed by atoms with van der Waals surface area (Å²) in [7, 11) is -4.04. The lowest BCUT2D eigenvalue weighted by atomic mass is 10.2. The number of nitrogens with two attached hydrogens (primary N) is 1. The first kappa shape index (κ1) is 13.3. The third-order valence-corrected chi connectivity index (χ3v) is 3.56. The zero-order valence-corrected chi connectivity index (χ0v) is 11.3. The minimum Gasteiger partial charge on any atom is -0.223 e. The van der Waals surface area contributed by atoms with Crippen LogP contribution in [-0.2, 0) is 10.0 Å². The van der Waals surface area contributed by atoms with Gasteiger partial charge in [-0.3, -0.25) is 0 Å². The first-order valence-corrected chi connectivity index (χ1v) is 6.99. The van der Waals surface area contributed by atoms with Crippen LogP contribution in [0.15, 0.2) is 29.3 Å². The summed E-state index contributed by atoms with van der Waals surface area (Å²) in [4.78, 5) is 0. The molecule has 0 aliphatic rings. The van der Waals surface area contributed by atoms with Gasteiger partial charge in [0, 0.05) is 0 Å². The van der Waals surface area contributed by atoms with Gasteiger partial charge in [-0.25, -0.2) is 18.2 Å². The minimum absolute atomic E-state index is 0.0241. The molecule has 19 heavy (non-hydrogen) atoms. The van der Waals surface area contributed by atoms with E-state index < -0.39 is 10.0 Å². The molecule has 0 bridgehead atoms. The smallest absolute Gasteiger partial charge is 0.223 e. The fourth-order valence-electron chi connectivity index (χ4n) is 1.83. The van der Waals surface area contributed by atoms with Crippen molar-refractivity contribution in [2.75, 3.05) is 0 Å². The quantitative estimate of drug-likeness (QED) is 0.884. The van der Waals surface area contributed by atoms with E-state index in [9.17, 15) is 8.42 Å². The zero-order chi connectivity index (χ0) is 14.2. The molecule has 2 rings (SSSR count). The van der Waals surface area contributed by atoms with E-state index in [-0.39, 0.29) is 10.6 Å². The van der Waals surface area contributed by atoms with E-state index >= 15 is 0 Å². The Bertz CT molecular complexity index is 785. The third kappa shape index (κ3) is 2.36. The van der Waals surface area contributed by atoms with Crippen LogP contribution in [0.5, 0.6) is 0 Å². The molecule has 0 saturated heterocycles. The van der Waals surface area contributed by atoms with E-state index in [1.807, 2.05) is 19.1 Å². The van der Waals surface area contributed by atoms with Crippen molar-refractivity contribution in [3.63, 3.8) is 0 Å². The van der Waals surface area contributed by atoms with Gasteiger partial charge in [-0.05, 0) is 31.5 Å². The Labute approximate surface area is 111 Å². The highest BCUT2D eigenvalue weighted by Gasteiger charge is 2.25. The molecule has 0 radical (unpaired) electrons. The van der Waals surface area contributed by atoms with Gasteiger partial charge in [0.05, 0.1) is 11.4 Å². The molecule has 0 aliphatic heterocycles. The second-order valence-corrected chi connectivity index (χ2v) is 5.65. The van der Waals surface area contributed by atoms with Crippen molar-refractivity contribution in [3.05, 3.63) is 41.1 Å². The molecular weight excluding hydrogens is 264 g/mol. The summed E-state index contributed by atoms with van der Waals surface area (Å²) in [5.41, 5.74) is 1.80. The van der Waals surface area contributed by atoms with Crippen LogP contribution in [0.1, 0.15) is 16.8 Å². The van der Waals surface area contributed by atoms with Crippen LogP contribution < -0.4 is 5.14 Å². The maximum atomic E-state index is 11.7. The Balaban J connectivity index is 2.83. The molecular formula is C12H12N4O2S. The number of benzene rings is 1. The molecule has 0 spiro atoms. The van der Waals surface area contributed by atoms with Crippen molar-refractivity contribution in [1.29, 1.82) is 5.26 Å². The highest BCUT2D eigenvalue weighted by atomic mass is 32.2. The Morgan fingerprint density at radius 2 is 2.05 bits per heavy atom. The van der Waals surface area contributed by atoms with Crippen LogP contribution in [0.4, 0.5) is 0 Å². The van der Waals surface area contributed by atoms with Gasteiger partial charge in [0.15, 0.2) is 5.03 Å². The van der Waals surface area contributed by atoms with Crippen LogP contribution in [0.2, 0.25) is 0 Å². The summed E-state index contributed by atoms with van der Waals surface area (Å²) < 4.78 is 24.5. The fourth-order valence-corrected chi connectivity index (χ4v) is 2.70. The summed E-state index contributed by atoms with van der Waals surface area (Å²) >= 11 is 0. The number of primary sulfonamides is 1. The second-order valence-electron chi connectivity index (χ2n) is 4.17. The molecule has 0 unspecified atom stereocenters. The number of hydrogen-bond acceptors (Lipinski definition) is 4. The molecule has 2 N–H and O–H groups in total. The predicted molar refractivity (Wildman–Crippen MR) is 69.1 cm³/mol. The van der Waals surface area contributed by atoms with Crippen molar-refractivity contribution in [1.82, 2.24) is 9.78 Å². The molecule has 1 heterocycles. The van der Waals surface area contributed by atoms with Crippen LogP contribution >= 0.6 is 0 Å². The van der Waals surface area contributed by atoms with Gasteiger partial charge in [0.1, 0.15) is 11.6 Å². The lowest BCUT2D eigenvalue weighted by Gasteiger charge is -2.06. The molecule has 7 heteroatoms. The van der Waals surface area contributed by atoms with Gasteiger partial charge >= 0.3 is 0 Å². The number of aryl methyl sites for hydroxylation is 2. The molecule has 0 atom stereocenters. The lowest BCUT2D eigenvalue weighted by Crippen LogP contribution is -2.18. The largest absolute Gasteiger partial charge is 0.257 e. The number of sulfonamides is 1. The van der Waals surface area contributed by atoms with E-state index in [1.165, 1.54) is 4.68 Å². The van der Waals surface area contributed by atoms with Gasteiger partial charge in [-0.2, -0.15) is 10.4 Å². The van der Waals surface area contributed by atoms with Gasteiger partial charge in [-0.15, -0.1) is 0 Å². The van der Waals surface area contributed by atoms with E-state index in [4.69, 9.17) is 10.4 Å². The molecule has 1 aromatic carbocycles. The molecule has 6 nitrogen and oxygen atoms in total. The third-order valence-electron chi connectivity index (χ3n) is 2.65. The van der Waals surface area contributed by atoms with Crippen molar-refractivity contribution in [3.8, 4) is 11.8 Å². The number of aromatic nitrogens is 2. The molecule has 98 valence electrons. The van der Waals surface area contributed by atoms with Crippen molar-refractivity contribution in [2.45, 2.75) is 18.9 Å². The standard InChI is InChI=1S/C12H12N4O2S/c1-8-4-3-5-10(6-8)16-12(19(14,17)18)11(7-13)9(2)15-16/h3-6H,1-2H3,(H2,14,17,18). The maximum absolute atomic E-state index is 11.7. The zero-order valence-electron chi connectivity index (χ0n) is 10.5. The average molecular weight is 276 g/mol. The number of nitrogens with zero attached hydrogens (tertiary/aromatic N) is 3. The predicted octanol–water partition coefficient (Wildman–Crippen LogP) is 1.01. The van der Waals surface area contributed by atoms with Gasteiger partial charge in [0.25, 0.3) is 10.0 Å². The molecule has 2 aromatic rings. The molecule has 0 amide bonds. The monoisotopic (exact) mass is 276 g/mol. The number of nitriles is 1. The molecule has 1 aromatic heterocycles. The highest BCUT2D eigenvalue weighted by Crippen LogP contribution is 2.21. The Hall–Kier alpha value is -2.17. The van der Waals surface area contributed by atoms with Crippen molar-refractivity contribution < 1.29 is 8.42 Å². The Morgan fingerprint density at radius 3 is 2.58 bits per heavy atom. The summed E-state index contributed by atoms with van der Waals surface area (Å²) in [5, 5.41) is 18.1. The fraction of sp³-hybridized carbons (Fsp3) is 0.167. The minimum atomic E-state index is -4.04. The van der Waals surface area contributed by atoms with Gasteiger partial charge in [-0.1, -0.05) is 12.1 Å². The first-order chi connectivity index (χ1) is 8.84. The van der Waals surface area contributed by atoms with Crippen LogP contribution in [0.25, 0.3) is 5.69 Å². The lowest BCUT2D eigenvalue weighted by molar-refractivity contribution is 0.587. The Morgan fingerprint density at radius 1 is 1.37 bits per heavy atom. The van der Waals surface area contributed by atoms with E-state index in [1.54, 1.807) is 25.1 Å². The normalized spacial score (nSPS) is 11.3. The average Bonchev–Trinajstić information content (AvgIpc) is 2.66. The van der Waals surface area contributed by atoms with Crippen molar-refractivity contribution in [2.24, 2.45) is 5.14 Å². The second kappa shape index (κ2) is 4.50. The molecule has 0 fully saturated rings. The SMILES string of the molecule is Cc1cccc(-n2nc(C)c(C#N)c2S(N)(=O)=O)c1. The molecule has 0 aliphatic carbocycles. The van der Waals surface area contributed by atoms with Crippen LogP contribution in [0, 0.1) is 25.2 Å². The summed E-state index contributed by atoms with van der Waals surface area (Å²) in [6.45, 7) is 3.45.